The van der Waals surface area contributed by atoms with E-state index in [1.54, 1.807) is 18.2 Å². The second-order valence-corrected chi connectivity index (χ2v) is 9.03. The molecule has 0 radical (unpaired) electrons. The third-order valence-corrected chi connectivity index (χ3v) is 6.42. The van der Waals surface area contributed by atoms with Gasteiger partial charge in [0.25, 0.3) is 10.0 Å². The molecule has 7 heteroatoms. The van der Waals surface area contributed by atoms with Crippen LogP contribution in [0.5, 0.6) is 0 Å². The average molecular weight is 420 g/mol. The van der Waals surface area contributed by atoms with Gasteiger partial charge in [-0.25, -0.2) is 0 Å². The average Bonchev–Trinajstić information content (AvgIpc) is 2.70. The van der Waals surface area contributed by atoms with Crippen LogP contribution in [0.15, 0.2) is 82.8 Å². The molecule has 0 unspecified atom stereocenters. The first-order valence-corrected chi connectivity index (χ1v) is 10.9. The zero-order chi connectivity index (χ0) is 21.3. The summed E-state index contributed by atoms with van der Waals surface area (Å²) < 4.78 is 27.1. The molecule has 0 aliphatic carbocycles. The molecule has 1 N–H and O–H groups in total. The van der Waals surface area contributed by atoms with Crippen LogP contribution in [0.3, 0.4) is 0 Å². The first kappa shape index (κ1) is 19.8. The van der Waals surface area contributed by atoms with Gasteiger partial charge in [-0.15, -0.1) is 0 Å². The van der Waals surface area contributed by atoms with E-state index >= 15 is 0 Å². The smallest absolute Gasteiger partial charge is 0.280 e. The highest BCUT2D eigenvalue weighted by molar-refractivity contribution is 7.89. The number of fused-ring (bicyclic) bond motifs is 1. The number of aryl methyl sites for hydroxylation is 2. The summed E-state index contributed by atoms with van der Waals surface area (Å²) in [4.78, 5) is 12.8. The van der Waals surface area contributed by atoms with Crippen LogP contribution < -0.4 is 5.32 Å². The molecule has 0 aromatic heterocycles. The number of nitrogens with one attached hydrogen (secondary N) is 1. The van der Waals surface area contributed by atoms with Crippen molar-refractivity contribution in [3.05, 3.63) is 95.1 Å². The molecule has 0 bridgehead atoms. The summed E-state index contributed by atoms with van der Waals surface area (Å²) in [6.45, 7) is 3.45. The summed E-state index contributed by atoms with van der Waals surface area (Å²) in [6.07, 6.45) is 0. The predicted molar refractivity (Wildman–Crippen MR) is 117 cm³/mol. The fourth-order valence-electron chi connectivity index (χ4n) is 3.52. The van der Waals surface area contributed by atoms with Crippen molar-refractivity contribution in [1.82, 2.24) is 4.41 Å². The molecule has 0 saturated carbocycles. The molecule has 1 aliphatic rings. The monoisotopic (exact) mass is 419 g/mol. The van der Waals surface area contributed by atoms with Gasteiger partial charge in [-0.1, -0.05) is 54.6 Å². The highest BCUT2D eigenvalue weighted by Crippen LogP contribution is 2.28. The number of sulfonamides is 1. The van der Waals surface area contributed by atoms with Crippen molar-refractivity contribution >= 4 is 27.3 Å². The highest BCUT2D eigenvalue weighted by atomic mass is 32.2. The molecule has 1 amide bonds. The van der Waals surface area contributed by atoms with Crippen LogP contribution >= 0.6 is 0 Å². The van der Waals surface area contributed by atoms with E-state index in [1.807, 2.05) is 62.4 Å². The van der Waals surface area contributed by atoms with Crippen LogP contribution in [0.2, 0.25) is 0 Å². The summed E-state index contributed by atoms with van der Waals surface area (Å²) in [5, 5.41) is 7.14. The van der Waals surface area contributed by atoms with Crippen molar-refractivity contribution < 1.29 is 13.2 Å². The van der Waals surface area contributed by atoms with Gasteiger partial charge in [0.2, 0.25) is 5.91 Å². The Kier molecular flexibility index (Phi) is 5.13. The second kappa shape index (κ2) is 7.76. The Morgan fingerprint density at radius 3 is 2.27 bits per heavy atom. The van der Waals surface area contributed by atoms with Crippen LogP contribution in [-0.4, -0.2) is 31.0 Å². The molecule has 0 spiro atoms. The molecule has 4 rings (SSSR count). The van der Waals surface area contributed by atoms with Gasteiger partial charge in [0.05, 0.1) is 4.90 Å². The van der Waals surface area contributed by atoms with Crippen LogP contribution in [-0.2, 0) is 14.8 Å². The topological polar surface area (TPSA) is 78.8 Å². The largest absolute Gasteiger partial charge is 0.324 e. The van der Waals surface area contributed by atoms with E-state index in [2.05, 4.69) is 10.4 Å². The van der Waals surface area contributed by atoms with Crippen molar-refractivity contribution in [3.63, 3.8) is 0 Å². The molecule has 152 valence electrons. The SMILES string of the molecule is Cc1cc(C)cc(NC(=O)CN2N=C(c3ccccc3)c3ccccc3S2(=O)=O)c1. The molecular weight excluding hydrogens is 398 g/mol. The van der Waals surface area contributed by atoms with Crippen molar-refractivity contribution in [3.8, 4) is 0 Å². The third-order valence-electron chi connectivity index (χ3n) is 4.74. The molecule has 0 saturated heterocycles. The number of hydrazone groups is 1. The molecule has 6 nitrogen and oxygen atoms in total. The van der Waals surface area contributed by atoms with Crippen molar-refractivity contribution in [1.29, 1.82) is 0 Å². The first-order valence-electron chi connectivity index (χ1n) is 9.49. The fourth-order valence-corrected chi connectivity index (χ4v) is 4.92. The van der Waals surface area contributed by atoms with Crippen LogP contribution in [0.25, 0.3) is 0 Å². The summed E-state index contributed by atoms with van der Waals surface area (Å²) in [5.41, 5.74) is 4.46. The first-order chi connectivity index (χ1) is 14.3. The lowest BCUT2D eigenvalue weighted by molar-refractivity contribution is -0.116. The van der Waals surface area contributed by atoms with Crippen molar-refractivity contribution in [2.75, 3.05) is 11.9 Å². The van der Waals surface area contributed by atoms with E-state index in [-0.39, 0.29) is 4.90 Å². The van der Waals surface area contributed by atoms with Gasteiger partial charge < -0.3 is 5.32 Å². The number of carbonyl (C=O) groups excluding carboxylic acids is 1. The van der Waals surface area contributed by atoms with Crippen molar-refractivity contribution in [2.45, 2.75) is 18.7 Å². The normalized spacial score (nSPS) is 14.6. The van der Waals surface area contributed by atoms with Gasteiger partial charge in [-0.3, -0.25) is 4.79 Å². The van der Waals surface area contributed by atoms with E-state index < -0.39 is 22.5 Å². The zero-order valence-corrected chi connectivity index (χ0v) is 17.5. The lowest BCUT2D eigenvalue weighted by atomic mass is 10.0. The van der Waals surface area contributed by atoms with Gasteiger partial charge in [0.1, 0.15) is 12.3 Å². The number of rotatable bonds is 4. The molecule has 0 atom stereocenters. The summed E-state index contributed by atoms with van der Waals surface area (Å²) >= 11 is 0. The molecule has 30 heavy (non-hydrogen) atoms. The number of anilines is 1. The van der Waals surface area contributed by atoms with E-state index in [0.29, 0.717) is 17.0 Å². The summed E-state index contributed by atoms with van der Waals surface area (Å²) in [5.74, 6) is -0.459. The Balaban J connectivity index is 1.69. The maximum Gasteiger partial charge on any atom is 0.280 e. The number of hydrogen-bond donors (Lipinski definition) is 1. The van der Waals surface area contributed by atoms with E-state index in [1.165, 1.54) is 6.07 Å². The van der Waals surface area contributed by atoms with Crippen molar-refractivity contribution in [2.24, 2.45) is 5.10 Å². The minimum atomic E-state index is -3.94. The number of hydrogen-bond acceptors (Lipinski definition) is 4. The minimum Gasteiger partial charge on any atom is -0.324 e. The van der Waals surface area contributed by atoms with E-state index in [9.17, 15) is 13.2 Å². The molecule has 3 aromatic carbocycles. The third kappa shape index (κ3) is 3.84. The van der Waals surface area contributed by atoms with Gasteiger partial charge in [-0.05, 0) is 43.2 Å². The molecular formula is C23H21N3O3S. The van der Waals surface area contributed by atoms with Crippen LogP contribution in [0.1, 0.15) is 22.3 Å². The Morgan fingerprint density at radius 1 is 0.933 bits per heavy atom. The minimum absolute atomic E-state index is 0.137. The van der Waals surface area contributed by atoms with Crippen LogP contribution in [0.4, 0.5) is 5.69 Å². The maximum absolute atomic E-state index is 13.1. The number of nitrogens with zero attached hydrogens (tertiary/aromatic N) is 2. The zero-order valence-electron chi connectivity index (χ0n) is 16.7. The fraction of sp³-hybridized carbons (Fsp3) is 0.130. The summed E-state index contributed by atoms with van der Waals surface area (Å²) in [7, 11) is -3.94. The second-order valence-electron chi connectivity index (χ2n) is 7.22. The Bertz CT molecular complexity index is 1230. The molecule has 1 aliphatic heterocycles. The number of carbonyl (C=O) groups is 1. The maximum atomic E-state index is 13.1. The number of benzene rings is 3. The Hall–Kier alpha value is -3.45. The predicted octanol–water partition coefficient (Wildman–Crippen LogP) is 3.70. The quantitative estimate of drug-likeness (QED) is 0.700. The standard InChI is InChI=1S/C23H21N3O3S/c1-16-12-17(2)14-19(13-16)24-22(27)15-26-25-23(18-8-4-3-5-9-18)20-10-6-7-11-21(20)30(26,28)29/h3-14H,15H2,1-2H3,(H,24,27). The van der Waals surface area contributed by atoms with E-state index in [4.69, 9.17) is 0 Å². The van der Waals surface area contributed by atoms with Gasteiger partial charge in [0, 0.05) is 16.8 Å². The molecule has 0 fully saturated rings. The van der Waals surface area contributed by atoms with E-state index in [0.717, 1.165) is 21.1 Å². The molecule has 1 heterocycles. The molecule has 3 aromatic rings. The van der Waals surface area contributed by atoms with Crippen LogP contribution in [0, 0.1) is 13.8 Å². The Morgan fingerprint density at radius 2 is 1.57 bits per heavy atom. The van der Waals surface area contributed by atoms with Gasteiger partial charge >= 0.3 is 0 Å². The van der Waals surface area contributed by atoms with Gasteiger partial charge in [-0.2, -0.15) is 17.9 Å². The lowest BCUT2D eigenvalue weighted by Gasteiger charge is -2.26. The van der Waals surface area contributed by atoms with Gasteiger partial charge in [0.15, 0.2) is 0 Å². The lowest BCUT2D eigenvalue weighted by Crippen LogP contribution is -2.38. The number of amides is 1. The highest BCUT2D eigenvalue weighted by Gasteiger charge is 2.34. The Labute approximate surface area is 175 Å². The summed E-state index contributed by atoms with van der Waals surface area (Å²) in [6, 6.07) is 21.7.